The van der Waals surface area contributed by atoms with Gasteiger partial charge in [-0.2, -0.15) is 10.1 Å². The van der Waals surface area contributed by atoms with Crippen LogP contribution in [0.3, 0.4) is 0 Å². The predicted octanol–water partition coefficient (Wildman–Crippen LogP) is 0.895. The predicted molar refractivity (Wildman–Crippen MR) is 56.5 cm³/mol. The third-order valence-electron chi connectivity index (χ3n) is 2.76. The van der Waals surface area contributed by atoms with Crippen LogP contribution in [0.4, 0.5) is 0 Å². The highest BCUT2D eigenvalue weighted by molar-refractivity contribution is 5.51. The molecule has 0 unspecified atom stereocenters. The first-order valence-electron chi connectivity index (χ1n) is 5.39. The van der Waals surface area contributed by atoms with E-state index >= 15 is 0 Å². The van der Waals surface area contributed by atoms with Gasteiger partial charge in [-0.15, -0.1) is 0 Å². The van der Waals surface area contributed by atoms with Gasteiger partial charge in [0.15, 0.2) is 0 Å². The van der Waals surface area contributed by atoms with Crippen molar-refractivity contribution in [2.45, 2.75) is 18.9 Å². The first-order valence-corrected chi connectivity index (χ1v) is 5.39. The number of nitrogens with one attached hydrogen (secondary N) is 1. The van der Waals surface area contributed by atoms with Crippen molar-refractivity contribution in [2.24, 2.45) is 7.05 Å². The number of nitrogens with zero attached hydrogens (tertiary/aromatic N) is 4. The summed E-state index contributed by atoms with van der Waals surface area (Å²) in [4.78, 5) is 4.38. The average Bonchev–Trinajstić information content (AvgIpc) is 2.97. The van der Waals surface area contributed by atoms with Crippen molar-refractivity contribution in [1.29, 1.82) is 0 Å². The van der Waals surface area contributed by atoms with Gasteiger partial charge < -0.3 is 9.84 Å². The summed E-state index contributed by atoms with van der Waals surface area (Å²) in [5.41, 5.74) is 0.885. The lowest BCUT2D eigenvalue weighted by Gasteiger charge is -2.01. The Morgan fingerprint density at radius 2 is 2.50 bits per heavy atom. The molecule has 6 heteroatoms. The number of aromatic nitrogens is 4. The molecule has 0 aliphatic carbocycles. The van der Waals surface area contributed by atoms with Crippen molar-refractivity contribution in [1.82, 2.24) is 25.2 Å². The summed E-state index contributed by atoms with van der Waals surface area (Å²) >= 11 is 0. The maximum atomic E-state index is 5.25. The summed E-state index contributed by atoms with van der Waals surface area (Å²) in [5.74, 6) is 1.29. The van der Waals surface area contributed by atoms with E-state index in [0.29, 0.717) is 11.7 Å². The van der Waals surface area contributed by atoms with Crippen molar-refractivity contribution < 1.29 is 4.52 Å². The maximum absolute atomic E-state index is 5.25. The molecule has 0 amide bonds. The van der Waals surface area contributed by atoms with Crippen LogP contribution in [-0.2, 0) is 7.05 Å². The third kappa shape index (κ3) is 1.61. The highest BCUT2D eigenvalue weighted by Crippen LogP contribution is 2.23. The van der Waals surface area contributed by atoms with Crippen LogP contribution < -0.4 is 5.32 Å². The van der Waals surface area contributed by atoms with E-state index in [4.69, 9.17) is 4.52 Å². The Labute approximate surface area is 92.6 Å². The summed E-state index contributed by atoms with van der Waals surface area (Å²) in [6.45, 7) is 1.02. The Morgan fingerprint density at radius 3 is 3.19 bits per heavy atom. The highest BCUT2D eigenvalue weighted by atomic mass is 16.5. The van der Waals surface area contributed by atoms with Crippen LogP contribution in [0.1, 0.15) is 24.8 Å². The topological polar surface area (TPSA) is 68.8 Å². The number of hydrogen-bond acceptors (Lipinski definition) is 5. The fourth-order valence-electron chi connectivity index (χ4n) is 1.93. The molecule has 16 heavy (non-hydrogen) atoms. The van der Waals surface area contributed by atoms with E-state index < -0.39 is 0 Å². The molecule has 0 bridgehead atoms. The standard InChI is InChI=1S/C10H13N5O/c1-15-6-7(5-12-15)9-13-10(16-14-9)8-3-2-4-11-8/h5-6,8,11H,2-4H2,1H3/t8-/m1/s1. The van der Waals surface area contributed by atoms with Gasteiger partial charge in [-0.1, -0.05) is 5.16 Å². The first kappa shape index (κ1) is 9.53. The number of hydrogen-bond donors (Lipinski definition) is 1. The molecule has 3 heterocycles. The molecular formula is C10H13N5O. The Bertz CT molecular complexity index is 483. The van der Waals surface area contributed by atoms with E-state index in [-0.39, 0.29) is 6.04 Å². The molecule has 3 rings (SSSR count). The van der Waals surface area contributed by atoms with Crippen LogP contribution in [0.2, 0.25) is 0 Å². The molecule has 6 nitrogen and oxygen atoms in total. The van der Waals surface area contributed by atoms with Gasteiger partial charge in [0.1, 0.15) is 0 Å². The van der Waals surface area contributed by atoms with E-state index in [0.717, 1.165) is 24.9 Å². The fourth-order valence-corrected chi connectivity index (χ4v) is 1.93. The SMILES string of the molecule is Cn1cc(-c2noc([C@H]3CCCN3)n2)cn1. The summed E-state index contributed by atoms with van der Waals surface area (Å²) in [6, 6.07) is 0.220. The van der Waals surface area contributed by atoms with Crippen molar-refractivity contribution in [3.05, 3.63) is 18.3 Å². The molecule has 1 saturated heterocycles. The van der Waals surface area contributed by atoms with Gasteiger partial charge in [-0.25, -0.2) is 0 Å². The van der Waals surface area contributed by atoms with Gasteiger partial charge in [0.2, 0.25) is 11.7 Å². The second-order valence-electron chi connectivity index (χ2n) is 4.01. The smallest absolute Gasteiger partial charge is 0.244 e. The zero-order chi connectivity index (χ0) is 11.0. The Kier molecular flexibility index (Phi) is 2.21. The van der Waals surface area contributed by atoms with Gasteiger partial charge in [0.25, 0.3) is 0 Å². The molecule has 0 aromatic carbocycles. The second-order valence-corrected chi connectivity index (χ2v) is 4.01. The maximum Gasteiger partial charge on any atom is 0.244 e. The Morgan fingerprint density at radius 1 is 1.56 bits per heavy atom. The van der Waals surface area contributed by atoms with Crippen LogP contribution in [0.25, 0.3) is 11.4 Å². The lowest BCUT2D eigenvalue weighted by atomic mass is 10.2. The molecule has 1 aliphatic heterocycles. The molecule has 1 fully saturated rings. The molecule has 2 aromatic rings. The minimum atomic E-state index is 0.220. The number of aryl methyl sites for hydroxylation is 1. The molecule has 1 N–H and O–H groups in total. The molecule has 84 valence electrons. The van der Waals surface area contributed by atoms with E-state index in [2.05, 4.69) is 20.6 Å². The minimum absolute atomic E-state index is 0.220. The second kappa shape index (κ2) is 3.71. The first-order chi connectivity index (χ1) is 7.83. The number of rotatable bonds is 2. The molecule has 0 radical (unpaired) electrons. The van der Waals surface area contributed by atoms with Gasteiger partial charge in [-0.3, -0.25) is 4.68 Å². The zero-order valence-corrected chi connectivity index (χ0v) is 9.05. The van der Waals surface area contributed by atoms with E-state index in [9.17, 15) is 0 Å². The molecule has 2 aromatic heterocycles. The minimum Gasteiger partial charge on any atom is -0.337 e. The van der Waals surface area contributed by atoms with Crippen LogP contribution in [-0.4, -0.2) is 26.5 Å². The van der Waals surface area contributed by atoms with Crippen molar-refractivity contribution >= 4 is 0 Å². The molecular weight excluding hydrogens is 206 g/mol. The molecule has 1 atom stereocenters. The van der Waals surface area contributed by atoms with Crippen LogP contribution in [0.5, 0.6) is 0 Å². The van der Waals surface area contributed by atoms with Crippen molar-refractivity contribution in [3.8, 4) is 11.4 Å². The summed E-state index contributed by atoms with van der Waals surface area (Å²) in [7, 11) is 1.86. The quantitative estimate of drug-likeness (QED) is 0.812. The van der Waals surface area contributed by atoms with Crippen LogP contribution in [0.15, 0.2) is 16.9 Å². The van der Waals surface area contributed by atoms with Crippen molar-refractivity contribution in [3.63, 3.8) is 0 Å². The van der Waals surface area contributed by atoms with Crippen LogP contribution >= 0.6 is 0 Å². The lowest BCUT2D eigenvalue weighted by Crippen LogP contribution is -2.12. The largest absolute Gasteiger partial charge is 0.337 e. The molecule has 1 aliphatic rings. The van der Waals surface area contributed by atoms with Crippen molar-refractivity contribution in [2.75, 3.05) is 6.54 Å². The summed E-state index contributed by atoms with van der Waals surface area (Å²) < 4.78 is 6.97. The summed E-state index contributed by atoms with van der Waals surface area (Å²) in [5, 5.41) is 11.4. The Hall–Kier alpha value is -1.69. The van der Waals surface area contributed by atoms with Gasteiger partial charge in [0, 0.05) is 13.2 Å². The van der Waals surface area contributed by atoms with E-state index in [1.807, 2.05) is 13.2 Å². The lowest BCUT2D eigenvalue weighted by molar-refractivity contribution is 0.345. The fraction of sp³-hybridized carbons (Fsp3) is 0.500. The molecule has 0 spiro atoms. The van der Waals surface area contributed by atoms with Crippen LogP contribution in [0, 0.1) is 0 Å². The third-order valence-corrected chi connectivity index (χ3v) is 2.76. The Balaban J connectivity index is 1.87. The monoisotopic (exact) mass is 219 g/mol. The highest BCUT2D eigenvalue weighted by Gasteiger charge is 2.22. The zero-order valence-electron chi connectivity index (χ0n) is 9.05. The molecule has 0 saturated carbocycles. The normalized spacial score (nSPS) is 20.4. The van der Waals surface area contributed by atoms with Gasteiger partial charge in [-0.05, 0) is 19.4 Å². The summed E-state index contributed by atoms with van der Waals surface area (Å²) in [6.07, 6.45) is 5.83. The van der Waals surface area contributed by atoms with Gasteiger partial charge >= 0.3 is 0 Å². The average molecular weight is 219 g/mol. The van der Waals surface area contributed by atoms with Gasteiger partial charge in [0.05, 0.1) is 17.8 Å². The van der Waals surface area contributed by atoms with E-state index in [1.54, 1.807) is 10.9 Å². The van der Waals surface area contributed by atoms with E-state index in [1.165, 1.54) is 0 Å².